The summed E-state index contributed by atoms with van der Waals surface area (Å²) >= 11 is 0. The van der Waals surface area contributed by atoms with E-state index in [2.05, 4.69) is 73.3 Å². The summed E-state index contributed by atoms with van der Waals surface area (Å²) in [4.78, 5) is 0. The maximum atomic E-state index is 11.4. The van der Waals surface area contributed by atoms with Crippen LogP contribution in [0.2, 0.25) is 0 Å². The highest BCUT2D eigenvalue weighted by Crippen LogP contribution is 2.67. The normalized spacial score (nSPS) is 45.1. The van der Waals surface area contributed by atoms with Crippen molar-refractivity contribution in [1.82, 2.24) is 0 Å². The zero-order valence-corrected chi connectivity index (χ0v) is 22.4. The van der Waals surface area contributed by atoms with E-state index in [0.717, 1.165) is 19.3 Å². The zero-order chi connectivity index (χ0) is 24.3. The predicted octanol–water partition coefficient (Wildman–Crippen LogP) is 7.33. The smallest absolute Gasteiger partial charge is 0.0757 e. The molecular formula is C31H50O2. The van der Waals surface area contributed by atoms with Crippen LogP contribution in [0.3, 0.4) is 0 Å². The topological polar surface area (TPSA) is 40.5 Å². The average Bonchev–Trinajstić information content (AvgIpc) is 3.05. The molecule has 0 radical (unpaired) electrons. The zero-order valence-electron chi connectivity index (χ0n) is 22.4. The minimum Gasteiger partial charge on any atom is -0.393 e. The quantitative estimate of drug-likeness (QED) is 0.437. The molecule has 33 heavy (non-hydrogen) atoms. The first-order valence-electron chi connectivity index (χ1n) is 13.7. The molecule has 0 heterocycles. The molecule has 0 aromatic rings. The lowest BCUT2D eigenvalue weighted by Crippen LogP contribution is -2.54. The van der Waals surface area contributed by atoms with Crippen molar-refractivity contribution in [2.45, 2.75) is 106 Å². The summed E-state index contributed by atoms with van der Waals surface area (Å²) in [5, 5.41) is 21.6. The number of rotatable bonds is 4. The Morgan fingerprint density at radius 2 is 1.76 bits per heavy atom. The monoisotopic (exact) mass is 454 g/mol. The van der Waals surface area contributed by atoms with Crippen molar-refractivity contribution >= 4 is 0 Å². The van der Waals surface area contributed by atoms with Crippen LogP contribution >= 0.6 is 0 Å². The van der Waals surface area contributed by atoms with Gasteiger partial charge in [0.1, 0.15) is 0 Å². The van der Waals surface area contributed by atoms with Gasteiger partial charge in [-0.25, -0.2) is 0 Å². The van der Waals surface area contributed by atoms with Gasteiger partial charge in [0, 0.05) is 5.92 Å². The van der Waals surface area contributed by atoms with Crippen LogP contribution in [-0.2, 0) is 0 Å². The van der Waals surface area contributed by atoms with Crippen LogP contribution in [0.5, 0.6) is 0 Å². The number of aliphatic hydroxyl groups is 2. The fourth-order valence-electron chi connectivity index (χ4n) is 9.15. The summed E-state index contributed by atoms with van der Waals surface area (Å²) < 4.78 is 0. The van der Waals surface area contributed by atoms with Gasteiger partial charge < -0.3 is 10.2 Å². The molecule has 0 aromatic carbocycles. The van der Waals surface area contributed by atoms with E-state index >= 15 is 0 Å². The second-order valence-corrected chi connectivity index (χ2v) is 13.9. The third kappa shape index (κ3) is 4.22. The molecule has 4 rings (SSSR count). The molecule has 0 bridgehead atoms. The van der Waals surface area contributed by atoms with Gasteiger partial charge in [0.05, 0.1) is 12.2 Å². The molecule has 2 nitrogen and oxygen atoms in total. The lowest BCUT2D eigenvalue weighted by Gasteiger charge is -2.59. The Bertz CT molecular complexity index is 815. The maximum absolute atomic E-state index is 11.4. The Kier molecular flexibility index (Phi) is 6.63. The molecule has 4 aliphatic rings. The van der Waals surface area contributed by atoms with Crippen molar-refractivity contribution in [2.75, 3.05) is 0 Å². The van der Waals surface area contributed by atoms with E-state index in [-0.39, 0.29) is 23.0 Å². The molecule has 10 atom stereocenters. The molecule has 0 aliphatic heterocycles. The van der Waals surface area contributed by atoms with Gasteiger partial charge in [-0.2, -0.15) is 0 Å². The number of fused-ring (bicyclic) bond motifs is 5. The van der Waals surface area contributed by atoms with Crippen molar-refractivity contribution in [2.24, 2.45) is 51.8 Å². The van der Waals surface area contributed by atoms with Crippen molar-refractivity contribution in [1.29, 1.82) is 0 Å². The van der Waals surface area contributed by atoms with Gasteiger partial charge in [0.2, 0.25) is 0 Å². The van der Waals surface area contributed by atoms with Gasteiger partial charge in [-0.3, -0.25) is 0 Å². The van der Waals surface area contributed by atoms with Crippen molar-refractivity contribution in [3.05, 3.63) is 36.0 Å². The van der Waals surface area contributed by atoms with Crippen molar-refractivity contribution in [3.8, 4) is 0 Å². The Morgan fingerprint density at radius 3 is 2.39 bits per heavy atom. The van der Waals surface area contributed by atoms with Crippen LogP contribution in [0.1, 0.15) is 93.4 Å². The molecule has 0 saturated heterocycles. The number of aliphatic hydroxyl groups excluding tert-OH is 2. The molecular weight excluding hydrogens is 404 g/mol. The molecule has 3 saturated carbocycles. The van der Waals surface area contributed by atoms with Crippen LogP contribution in [0.15, 0.2) is 36.0 Å². The van der Waals surface area contributed by atoms with Gasteiger partial charge in [-0.15, -0.1) is 0 Å². The second-order valence-electron chi connectivity index (χ2n) is 13.9. The Morgan fingerprint density at radius 1 is 1.06 bits per heavy atom. The van der Waals surface area contributed by atoms with Crippen LogP contribution < -0.4 is 0 Å². The SMILES string of the molecule is C=C(C)C(/C=C/C(C)C1CCC2C3C(CC[C@]12C)[C@@]1(C)CC[C@H](O)CC1=C[C@@H]3O)C(C)(C)C. The lowest BCUT2D eigenvalue weighted by atomic mass is 9.46. The van der Waals surface area contributed by atoms with Gasteiger partial charge in [0.15, 0.2) is 0 Å². The van der Waals surface area contributed by atoms with E-state index in [1.165, 1.54) is 36.8 Å². The summed E-state index contributed by atoms with van der Waals surface area (Å²) in [7, 11) is 0. The minimum atomic E-state index is -0.341. The fourth-order valence-corrected chi connectivity index (χ4v) is 9.15. The molecule has 0 amide bonds. The summed E-state index contributed by atoms with van der Waals surface area (Å²) in [6.07, 6.45) is 14.3. The number of hydrogen-bond donors (Lipinski definition) is 2. The van der Waals surface area contributed by atoms with Crippen molar-refractivity contribution < 1.29 is 10.2 Å². The third-order valence-electron chi connectivity index (χ3n) is 10.9. The third-order valence-corrected chi connectivity index (χ3v) is 10.9. The summed E-state index contributed by atoms with van der Waals surface area (Å²) in [5.74, 6) is 3.19. The largest absolute Gasteiger partial charge is 0.393 e. The van der Waals surface area contributed by atoms with Gasteiger partial charge in [-0.1, -0.05) is 77.5 Å². The van der Waals surface area contributed by atoms with E-state index in [0.29, 0.717) is 40.9 Å². The van der Waals surface area contributed by atoms with Gasteiger partial charge in [0.25, 0.3) is 0 Å². The molecule has 0 aromatic heterocycles. The van der Waals surface area contributed by atoms with Crippen molar-refractivity contribution in [3.63, 3.8) is 0 Å². The van der Waals surface area contributed by atoms with Crippen LogP contribution in [0, 0.1) is 51.8 Å². The van der Waals surface area contributed by atoms with Crippen LogP contribution in [0.4, 0.5) is 0 Å². The summed E-state index contributed by atoms with van der Waals surface area (Å²) in [6.45, 7) is 20.8. The van der Waals surface area contributed by atoms with E-state index in [9.17, 15) is 10.2 Å². The van der Waals surface area contributed by atoms with E-state index in [4.69, 9.17) is 0 Å². The summed E-state index contributed by atoms with van der Waals surface area (Å²) in [6, 6.07) is 0. The van der Waals surface area contributed by atoms with Gasteiger partial charge >= 0.3 is 0 Å². The highest BCUT2D eigenvalue weighted by atomic mass is 16.3. The summed E-state index contributed by atoms with van der Waals surface area (Å²) in [5.41, 5.74) is 3.28. The molecule has 4 aliphatic carbocycles. The Balaban J connectivity index is 1.57. The van der Waals surface area contributed by atoms with E-state index in [1.807, 2.05) is 0 Å². The number of allylic oxidation sites excluding steroid dienone is 3. The molecule has 0 spiro atoms. The molecule has 2 heteroatoms. The second kappa shape index (κ2) is 8.66. The first kappa shape index (κ1) is 25.2. The van der Waals surface area contributed by atoms with Crippen LogP contribution in [0.25, 0.3) is 0 Å². The Labute approximate surface area is 203 Å². The predicted molar refractivity (Wildman–Crippen MR) is 139 cm³/mol. The van der Waals surface area contributed by atoms with E-state index in [1.54, 1.807) is 0 Å². The first-order valence-corrected chi connectivity index (χ1v) is 13.7. The first-order chi connectivity index (χ1) is 15.3. The highest BCUT2D eigenvalue weighted by molar-refractivity contribution is 5.28. The maximum Gasteiger partial charge on any atom is 0.0757 e. The van der Waals surface area contributed by atoms with Gasteiger partial charge in [-0.05, 0) is 97.7 Å². The van der Waals surface area contributed by atoms with E-state index < -0.39 is 0 Å². The van der Waals surface area contributed by atoms with Crippen LogP contribution in [-0.4, -0.2) is 22.4 Å². The average molecular weight is 455 g/mol. The molecule has 186 valence electrons. The minimum absolute atomic E-state index is 0.176. The highest BCUT2D eigenvalue weighted by Gasteiger charge is 2.61. The standard InChI is InChI=1S/C31H50O2/c1-19(2)23(29(4,5)6)10-9-20(3)24-11-12-25-28-26(14-16-31(24,25)8)30(7)15-13-22(32)17-21(30)18-27(28)33/h9-10,18,20,22-28,32-33H,1,11-17H2,2-8H3/b10-9+/t20?,22-,23?,24?,25?,26?,27-,28?,30-,31+/m0/s1. The molecule has 3 fully saturated rings. The fraction of sp³-hybridized carbons (Fsp3) is 0.806. The Hall–Kier alpha value is -0.860. The number of hydrogen-bond acceptors (Lipinski definition) is 2. The lowest BCUT2D eigenvalue weighted by molar-refractivity contribution is -0.0950. The molecule has 2 N–H and O–H groups in total. The molecule has 6 unspecified atom stereocenters.